The van der Waals surface area contributed by atoms with E-state index < -0.39 is 0 Å². The fourth-order valence-corrected chi connectivity index (χ4v) is 1.56. The Bertz CT molecular complexity index is 495. The first-order valence-corrected chi connectivity index (χ1v) is 4.70. The molecule has 0 aliphatic carbocycles. The van der Waals surface area contributed by atoms with Gasteiger partial charge in [0, 0.05) is 6.54 Å². The molecule has 0 spiro atoms. The lowest BCUT2D eigenvalue weighted by atomic mass is 10.3. The predicted octanol–water partition coefficient (Wildman–Crippen LogP) is 1.92. The van der Waals surface area contributed by atoms with Crippen LogP contribution in [-0.2, 0) is 6.54 Å². The summed E-state index contributed by atoms with van der Waals surface area (Å²) in [6, 6.07) is 0. The molecule has 0 bridgehead atoms. The van der Waals surface area contributed by atoms with Crippen LogP contribution in [0, 0.1) is 11.7 Å². The molecular formula is C8H10N4OS. The van der Waals surface area contributed by atoms with E-state index in [1.807, 2.05) is 18.4 Å². The highest BCUT2D eigenvalue weighted by Crippen LogP contribution is 2.20. The van der Waals surface area contributed by atoms with E-state index >= 15 is 0 Å². The van der Waals surface area contributed by atoms with Crippen LogP contribution in [0.25, 0.3) is 11.6 Å². The van der Waals surface area contributed by atoms with E-state index in [2.05, 4.69) is 15.2 Å². The summed E-state index contributed by atoms with van der Waals surface area (Å²) in [4.78, 5) is 4.01. The van der Waals surface area contributed by atoms with Crippen LogP contribution in [0.5, 0.6) is 0 Å². The van der Waals surface area contributed by atoms with Gasteiger partial charge in [0.1, 0.15) is 0 Å². The number of aryl methyl sites for hydroxylation is 1. The van der Waals surface area contributed by atoms with E-state index in [1.54, 1.807) is 0 Å². The Hall–Kier alpha value is -1.43. The molecule has 74 valence electrons. The number of rotatable bonds is 2. The molecule has 2 aromatic rings. The first kappa shape index (κ1) is 9.14. The third-order valence-electron chi connectivity index (χ3n) is 2.02. The van der Waals surface area contributed by atoms with Gasteiger partial charge < -0.3 is 4.42 Å². The summed E-state index contributed by atoms with van der Waals surface area (Å²) >= 11 is 5.07. The highest BCUT2D eigenvalue weighted by Gasteiger charge is 2.13. The molecular weight excluding hydrogens is 200 g/mol. The van der Waals surface area contributed by atoms with Gasteiger partial charge in [-0.1, -0.05) is 0 Å². The Balaban J connectivity index is 2.63. The molecule has 0 aliphatic heterocycles. The fourth-order valence-electron chi connectivity index (χ4n) is 1.30. The maximum Gasteiger partial charge on any atom is 0.200 e. The Morgan fingerprint density at radius 3 is 3.00 bits per heavy atom. The van der Waals surface area contributed by atoms with Crippen molar-refractivity contribution in [3.63, 3.8) is 0 Å². The summed E-state index contributed by atoms with van der Waals surface area (Å²) in [6.07, 6.45) is 1.41. The molecule has 0 saturated heterocycles. The van der Waals surface area contributed by atoms with Gasteiger partial charge in [-0.15, -0.1) is 0 Å². The van der Waals surface area contributed by atoms with Crippen molar-refractivity contribution in [1.82, 2.24) is 19.7 Å². The summed E-state index contributed by atoms with van der Waals surface area (Å²) in [5.41, 5.74) is 0.814. The van der Waals surface area contributed by atoms with Gasteiger partial charge in [-0.25, -0.2) is 4.98 Å². The molecule has 0 amide bonds. The van der Waals surface area contributed by atoms with Gasteiger partial charge in [-0.05, 0) is 26.1 Å². The van der Waals surface area contributed by atoms with Crippen LogP contribution < -0.4 is 0 Å². The van der Waals surface area contributed by atoms with Crippen LogP contribution in [0.3, 0.4) is 0 Å². The van der Waals surface area contributed by atoms with Crippen molar-refractivity contribution >= 4 is 12.2 Å². The number of oxazole rings is 1. The third kappa shape index (κ3) is 1.27. The fraction of sp³-hybridized carbons (Fsp3) is 0.375. The number of aromatic nitrogens is 4. The summed E-state index contributed by atoms with van der Waals surface area (Å²) in [5.74, 6) is 1.37. The minimum absolute atomic E-state index is 0.596. The maximum atomic E-state index is 5.25. The molecule has 0 fully saturated rings. The largest absolute Gasteiger partial charge is 0.440 e. The molecule has 0 aromatic carbocycles. The van der Waals surface area contributed by atoms with Crippen molar-refractivity contribution in [1.29, 1.82) is 0 Å². The first-order chi connectivity index (χ1) is 6.74. The number of nitrogens with zero attached hydrogens (tertiary/aromatic N) is 3. The van der Waals surface area contributed by atoms with Crippen LogP contribution in [0.1, 0.15) is 12.6 Å². The van der Waals surface area contributed by atoms with Crippen LogP contribution in [0.4, 0.5) is 0 Å². The molecule has 0 aliphatic rings. The average molecular weight is 210 g/mol. The SMILES string of the molecule is CCn1c(-c2ocnc2C)n[nH]c1=S. The van der Waals surface area contributed by atoms with E-state index in [9.17, 15) is 0 Å². The summed E-state index contributed by atoms with van der Waals surface area (Å²) < 4.78 is 7.71. The van der Waals surface area contributed by atoms with Gasteiger partial charge in [0.05, 0.1) is 5.69 Å². The number of nitrogens with one attached hydrogen (secondary N) is 1. The van der Waals surface area contributed by atoms with Gasteiger partial charge in [0.25, 0.3) is 0 Å². The van der Waals surface area contributed by atoms with Crippen molar-refractivity contribution in [2.75, 3.05) is 0 Å². The number of H-pyrrole nitrogens is 1. The molecule has 0 atom stereocenters. The van der Waals surface area contributed by atoms with E-state index in [-0.39, 0.29) is 0 Å². The quantitative estimate of drug-likeness (QED) is 0.769. The molecule has 0 radical (unpaired) electrons. The molecule has 5 nitrogen and oxygen atoms in total. The molecule has 0 saturated carbocycles. The Morgan fingerprint density at radius 1 is 1.64 bits per heavy atom. The van der Waals surface area contributed by atoms with Gasteiger partial charge in [0.2, 0.25) is 0 Å². The monoisotopic (exact) mass is 210 g/mol. The molecule has 0 unspecified atom stereocenters. The number of hydrogen-bond acceptors (Lipinski definition) is 4. The Kier molecular flexibility index (Phi) is 2.20. The zero-order chi connectivity index (χ0) is 10.1. The van der Waals surface area contributed by atoms with Crippen molar-refractivity contribution < 1.29 is 4.42 Å². The molecule has 2 aromatic heterocycles. The van der Waals surface area contributed by atoms with E-state index in [0.717, 1.165) is 12.2 Å². The summed E-state index contributed by atoms with van der Waals surface area (Å²) in [6.45, 7) is 4.63. The first-order valence-electron chi connectivity index (χ1n) is 4.29. The standard InChI is InChI=1S/C8H10N4OS/c1-3-12-7(10-11-8(12)14)6-5(2)9-4-13-6/h4H,3H2,1-2H3,(H,11,14). The van der Waals surface area contributed by atoms with Crippen LogP contribution in [-0.4, -0.2) is 19.7 Å². The topological polar surface area (TPSA) is 59.6 Å². The second-order valence-electron chi connectivity index (χ2n) is 2.86. The lowest BCUT2D eigenvalue weighted by Crippen LogP contribution is -1.97. The van der Waals surface area contributed by atoms with Gasteiger partial charge in [0.15, 0.2) is 22.7 Å². The zero-order valence-corrected chi connectivity index (χ0v) is 8.76. The minimum atomic E-state index is 0.596. The van der Waals surface area contributed by atoms with Gasteiger partial charge >= 0.3 is 0 Å². The molecule has 1 N–H and O–H groups in total. The average Bonchev–Trinajstić information content (AvgIpc) is 2.71. The van der Waals surface area contributed by atoms with Crippen molar-refractivity contribution in [3.05, 3.63) is 16.9 Å². The Labute approximate surface area is 85.8 Å². The third-order valence-corrected chi connectivity index (χ3v) is 2.33. The van der Waals surface area contributed by atoms with Crippen LogP contribution >= 0.6 is 12.2 Å². The van der Waals surface area contributed by atoms with Crippen molar-refractivity contribution in [3.8, 4) is 11.6 Å². The number of hydrogen-bond donors (Lipinski definition) is 1. The predicted molar refractivity (Wildman–Crippen MR) is 53.3 cm³/mol. The number of aromatic amines is 1. The summed E-state index contributed by atoms with van der Waals surface area (Å²) in [7, 11) is 0. The van der Waals surface area contributed by atoms with Gasteiger partial charge in [-0.3, -0.25) is 9.67 Å². The van der Waals surface area contributed by atoms with Crippen LogP contribution in [0.2, 0.25) is 0 Å². The minimum Gasteiger partial charge on any atom is -0.440 e. The van der Waals surface area contributed by atoms with E-state index in [1.165, 1.54) is 6.39 Å². The molecule has 2 rings (SSSR count). The van der Waals surface area contributed by atoms with E-state index in [0.29, 0.717) is 16.4 Å². The van der Waals surface area contributed by atoms with E-state index in [4.69, 9.17) is 16.6 Å². The second-order valence-corrected chi connectivity index (χ2v) is 3.25. The molecule has 6 heteroatoms. The normalized spacial score (nSPS) is 10.7. The van der Waals surface area contributed by atoms with Crippen LogP contribution in [0.15, 0.2) is 10.8 Å². The lowest BCUT2D eigenvalue weighted by molar-refractivity contribution is 0.560. The summed E-state index contributed by atoms with van der Waals surface area (Å²) in [5, 5.41) is 6.83. The van der Waals surface area contributed by atoms with Crippen molar-refractivity contribution in [2.45, 2.75) is 20.4 Å². The van der Waals surface area contributed by atoms with Gasteiger partial charge in [-0.2, -0.15) is 5.10 Å². The highest BCUT2D eigenvalue weighted by atomic mass is 32.1. The molecule has 2 heterocycles. The lowest BCUT2D eigenvalue weighted by Gasteiger charge is -1.99. The van der Waals surface area contributed by atoms with Crippen molar-refractivity contribution in [2.24, 2.45) is 0 Å². The maximum absolute atomic E-state index is 5.25. The smallest absolute Gasteiger partial charge is 0.200 e. The second kappa shape index (κ2) is 3.38. The molecule has 14 heavy (non-hydrogen) atoms. The highest BCUT2D eigenvalue weighted by molar-refractivity contribution is 7.71. The zero-order valence-electron chi connectivity index (χ0n) is 7.94. The Morgan fingerprint density at radius 2 is 2.43 bits per heavy atom.